The van der Waals surface area contributed by atoms with Crippen LogP contribution in [0.15, 0.2) is 72.8 Å². The van der Waals surface area contributed by atoms with E-state index in [0.717, 1.165) is 30.4 Å². The van der Waals surface area contributed by atoms with Gasteiger partial charge < -0.3 is 14.2 Å². The number of carbonyl (C=O) groups excluding carboxylic acids is 3. The summed E-state index contributed by atoms with van der Waals surface area (Å²) < 4.78 is 16.1. The Bertz CT molecular complexity index is 1010. The number of hydrogen-bond donors (Lipinski definition) is 0. The van der Waals surface area contributed by atoms with Gasteiger partial charge in [-0.2, -0.15) is 0 Å². The van der Waals surface area contributed by atoms with Gasteiger partial charge in [-0.25, -0.2) is 9.59 Å². The van der Waals surface area contributed by atoms with Crippen molar-refractivity contribution in [1.82, 2.24) is 0 Å². The van der Waals surface area contributed by atoms with Gasteiger partial charge in [0.2, 0.25) is 0 Å². The Morgan fingerprint density at radius 1 is 0.581 bits per heavy atom. The molecule has 0 spiro atoms. The summed E-state index contributed by atoms with van der Waals surface area (Å²) in [4.78, 5) is 37.0. The number of hydrogen-bond acceptors (Lipinski definition) is 6. The maximum Gasteiger partial charge on any atom is 0.330 e. The molecule has 43 heavy (non-hydrogen) atoms. The minimum atomic E-state index is -0.891. The van der Waals surface area contributed by atoms with Crippen molar-refractivity contribution in [3.63, 3.8) is 0 Å². The zero-order valence-corrected chi connectivity index (χ0v) is 25.9. The van der Waals surface area contributed by atoms with Crippen molar-refractivity contribution in [2.45, 2.75) is 103 Å². The molecular weight excluding hydrogens is 540 g/mol. The second-order valence-corrected chi connectivity index (χ2v) is 10.9. The normalized spacial score (nSPS) is 11.9. The van der Waals surface area contributed by atoms with Crippen LogP contribution in [0.25, 0.3) is 12.2 Å². The predicted octanol–water partition coefficient (Wildman–Crippen LogP) is 8.89. The number of unbranched alkanes of at least 4 members (excludes halogenated alkanes) is 12. The zero-order chi connectivity index (χ0) is 30.8. The van der Waals surface area contributed by atoms with Crippen molar-refractivity contribution in [3.05, 3.63) is 83.9 Å². The quantitative estimate of drug-likeness (QED) is 0.0557. The summed E-state index contributed by atoms with van der Waals surface area (Å²) in [7, 11) is 0. The van der Waals surface area contributed by atoms with Gasteiger partial charge in [0, 0.05) is 18.6 Å². The number of carbonyl (C=O) groups is 3. The topological polar surface area (TPSA) is 78.9 Å². The van der Waals surface area contributed by atoms with E-state index < -0.39 is 18.0 Å². The van der Waals surface area contributed by atoms with Crippen LogP contribution in [-0.4, -0.2) is 37.2 Å². The van der Waals surface area contributed by atoms with Crippen molar-refractivity contribution < 1.29 is 28.6 Å². The maximum absolute atomic E-state index is 12.5. The van der Waals surface area contributed by atoms with Gasteiger partial charge in [0.25, 0.3) is 0 Å². The molecule has 234 valence electrons. The van der Waals surface area contributed by atoms with Crippen LogP contribution in [-0.2, 0) is 28.6 Å². The van der Waals surface area contributed by atoms with E-state index >= 15 is 0 Å². The van der Waals surface area contributed by atoms with Gasteiger partial charge in [0.05, 0.1) is 0 Å². The molecule has 2 rings (SSSR count). The number of ether oxygens (including phenoxy) is 3. The fourth-order valence-corrected chi connectivity index (χ4v) is 4.55. The standard InChI is InChI=1S/C37H50O6/c1-2-3-4-5-6-7-8-9-10-11-12-13-20-25-37(40)43-34(30-41-35(38)28-26-32-21-16-14-17-22-32)31-42-36(39)29-27-33-23-18-15-19-24-33/h14-19,21-24,26-29,34H,2-13,20,25,30-31H2,1H3. The number of benzene rings is 2. The van der Waals surface area contributed by atoms with E-state index in [1.54, 1.807) is 12.2 Å². The molecule has 6 nitrogen and oxygen atoms in total. The third-order valence-corrected chi connectivity index (χ3v) is 7.03. The largest absolute Gasteiger partial charge is 0.458 e. The Kier molecular flexibility index (Phi) is 19.7. The monoisotopic (exact) mass is 590 g/mol. The molecule has 0 aromatic heterocycles. The first-order valence-electron chi connectivity index (χ1n) is 16.1. The second kappa shape index (κ2) is 23.8. The molecule has 0 aliphatic carbocycles. The van der Waals surface area contributed by atoms with Gasteiger partial charge in [-0.3, -0.25) is 4.79 Å². The van der Waals surface area contributed by atoms with Gasteiger partial charge in [-0.05, 0) is 29.7 Å². The molecule has 0 atom stereocenters. The first-order chi connectivity index (χ1) is 21.1. The van der Waals surface area contributed by atoms with Gasteiger partial charge >= 0.3 is 17.9 Å². The van der Waals surface area contributed by atoms with Crippen LogP contribution in [0.2, 0.25) is 0 Å². The second-order valence-electron chi connectivity index (χ2n) is 10.9. The molecule has 2 aromatic rings. The summed E-state index contributed by atoms with van der Waals surface area (Å²) in [6.45, 7) is 1.83. The van der Waals surface area contributed by atoms with Crippen LogP contribution < -0.4 is 0 Å². The summed E-state index contributed by atoms with van der Waals surface area (Å²) in [5, 5.41) is 0. The molecule has 0 saturated heterocycles. The van der Waals surface area contributed by atoms with E-state index in [9.17, 15) is 14.4 Å². The van der Waals surface area contributed by atoms with Gasteiger partial charge in [-0.15, -0.1) is 0 Å². The van der Waals surface area contributed by atoms with Crippen molar-refractivity contribution in [1.29, 1.82) is 0 Å². The molecule has 0 saturated carbocycles. The molecule has 0 bridgehead atoms. The van der Waals surface area contributed by atoms with E-state index in [1.165, 1.54) is 76.4 Å². The summed E-state index contributed by atoms with van der Waals surface area (Å²) in [5.41, 5.74) is 1.72. The molecule has 0 radical (unpaired) electrons. The highest BCUT2D eigenvalue weighted by molar-refractivity contribution is 5.87. The third kappa shape index (κ3) is 19.2. The van der Waals surface area contributed by atoms with Crippen LogP contribution >= 0.6 is 0 Å². The van der Waals surface area contributed by atoms with E-state index in [1.807, 2.05) is 60.7 Å². The molecule has 0 heterocycles. The van der Waals surface area contributed by atoms with Crippen molar-refractivity contribution in [2.75, 3.05) is 13.2 Å². The minimum Gasteiger partial charge on any atom is -0.458 e. The van der Waals surface area contributed by atoms with Crippen molar-refractivity contribution >= 4 is 30.1 Å². The lowest BCUT2D eigenvalue weighted by atomic mass is 10.0. The number of rotatable bonds is 23. The molecule has 0 unspecified atom stereocenters. The molecule has 2 aromatic carbocycles. The lowest BCUT2D eigenvalue weighted by Crippen LogP contribution is -2.30. The fourth-order valence-electron chi connectivity index (χ4n) is 4.55. The highest BCUT2D eigenvalue weighted by Gasteiger charge is 2.18. The fraction of sp³-hybridized carbons (Fsp3) is 0.486. The molecular formula is C37H50O6. The summed E-state index contributed by atoms with van der Waals surface area (Å²) in [5.74, 6) is -1.53. The maximum atomic E-state index is 12.5. The van der Waals surface area contributed by atoms with Crippen LogP contribution in [0, 0.1) is 0 Å². The summed E-state index contributed by atoms with van der Waals surface area (Å²) in [6.07, 6.45) is 21.2. The predicted molar refractivity (Wildman–Crippen MR) is 173 cm³/mol. The van der Waals surface area contributed by atoms with Crippen LogP contribution in [0.3, 0.4) is 0 Å². The third-order valence-electron chi connectivity index (χ3n) is 7.03. The summed E-state index contributed by atoms with van der Waals surface area (Å²) in [6, 6.07) is 18.8. The van der Waals surface area contributed by atoms with Gasteiger partial charge in [0.1, 0.15) is 13.2 Å². The zero-order valence-electron chi connectivity index (χ0n) is 25.9. The molecule has 0 fully saturated rings. The molecule has 0 aliphatic rings. The van der Waals surface area contributed by atoms with Crippen LogP contribution in [0.5, 0.6) is 0 Å². The lowest BCUT2D eigenvalue weighted by molar-refractivity contribution is -0.163. The number of esters is 3. The molecule has 0 aliphatic heterocycles. The first kappa shape index (κ1) is 35.5. The minimum absolute atomic E-state index is 0.210. The highest BCUT2D eigenvalue weighted by atomic mass is 16.6. The van der Waals surface area contributed by atoms with Gasteiger partial charge in [0.15, 0.2) is 6.10 Å². The van der Waals surface area contributed by atoms with Gasteiger partial charge in [-0.1, -0.05) is 145 Å². The Hall–Kier alpha value is -3.67. The van der Waals surface area contributed by atoms with E-state index in [-0.39, 0.29) is 25.6 Å². The molecule has 0 N–H and O–H groups in total. The average Bonchev–Trinajstić information content (AvgIpc) is 3.03. The SMILES string of the molecule is CCCCCCCCCCCCCCCC(=O)OC(COC(=O)C=Cc1ccccc1)COC(=O)C=Cc1ccccc1. The van der Waals surface area contributed by atoms with Crippen LogP contribution in [0.1, 0.15) is 108 Å². The Balaban J connectivity index is 1.70. The highest BCUT2D eigenvalue weighted by Crippen LogP contribution is 2.13. The smallest absolute Gasteiger partial charge is 0.330 e. The van der Waals surface area contributed by atoms with E-state index in [2.05, 4.69) is 6.92 Å². The van der Waals surface area contributed by atoms with Crippen molar-refractivity contribution in [3.8, 4) is 0 Å². The Morgan fingerprint density at radius 3 is 1.40 bits per heavy atom. The van der Waals surface area contributed by atoms with E-state index in [0.29, 0.717) is 0 Å². The Morgan fingerprint density at radius 2 is 0.977 bits per heavy atom. The first-order valence-corrected chi connectivity index (χ1v) is 16.1. The summed E-state index contributed by atoms with van der Waals surface area (Å²) >= 11 is 0. The van der Waals surface area contributed by atoms with Crippen LogP contribution in [0.4, 0.5) is 0 Å². The Labute approximate surface area is 258 Å². The molecule has 0 amide bonds. The van der Waals surface area contributed by atoms with Crippen molar-refractivity contribution in [2.24, 2.45) is 0 Å². The molecule has 6 heteroatoms. The van der Waals surface area contributed by atoms with E-state index in [4.69, 9.17) is 14.2 Å². The lowest BCUT2D eigenvalue weighted by Gasteiger charge is -2.17. The average molecular weight is 591 g/mol.